The van der Waals surface area contributed by atoms with Gasteiger partial charge >= 0.3 is 0 Å². The third-order valence-electron chi connectivity index (χ3n) is 3.67. The monoisotopic (exact) mass is 269 g/mol. The molecule has 0 heterocycles. The van der Waals surface area contributed by atoms with Gasteiger partial charge in [-0.2, -0.15) is 0 Å². The molecule has 1 aromatic rings. The first kappa shape index (κ1) is 16.1. The highest BCUT2D eigenvalue weighted by Crippen LogP contribution is 2.35. The van der Waals surface area contributed by atoms with Gasteiger partial charge in [-0.25, -0.2) is 8.78 Å². The zero-order chi connectivity index (χ0) is 14.3. The molecule has 0 radical (unpaired) electrons. The molecule has 0 unspecified atom stereocenters. The average Bonchev–Trinajstić information content (AvgIpc) is 2.36. The first-order chi connectivity index (χ1) is 9.09. The fourth-order valence-corrected chi connectivity index (χ4v) is 2.91. The van der Waals surface area contributed by atoms with E-state index in [-0.39, 0.29) is 5.41 Å². The summed E-state index contributed by atoms with van der Waals surface area (Å²) in [6.07, 6.45) is 3.80. The molecule has 1 N–H and O–H groups in total. The van der Waals surface area contributed by atoms with Gasteiger partial charge in [0.1, 0.15) is 11.6 Å². The van der Waals surface area contributed by atoms with E-state index in [0.29, 0.717) is 5.56 Å². The van der Waals surface area contributed by atoms with Crippen LogP contribution in [0, 0.1) is 11.6 Å². The number of halogens is 2. The van der Waals surface area contributed by atoms with Crippen LogP contribution < -0.4 is 5.32 Å². The molecule has 3 heteroatoms. The molecule has 1 rings (SSSR count). The van der Waals surface area contributed by atoms with Crippen molar-refractivity contribution in [2.45, 2.75) is 51.9 Å². The topological polar surface area (TPSA) is 12.0 Å². The van der Waals surface area contributed by atoms with Crippen molar-refractivity contribution in [1.82, 2.24) is 5.32 Å². The van der Waals surface area contributed by atoms with Gasteiger partial charge in [0.05, 0.1) is 0 Å². The largest absolute Gasteiger partial charge is 0.316 e. The lowest BCUT2D eigenvalue weighted by Crippen LogP contribution is -2.39. The van der Waals surface area contributed by atoms with E-state index in [1.54, 1.807) is 6.07 Å². The molecule has 0 fully saturated rings. The van der Waals surface area contributed by atoms with Gasteiger partial charge in [-0.3, -0.25) is 0 Å². The van der Waals surface area contributed by atoms with Crippen molar-refractivity contribution in [3.05, 3.63) is 35.4 Å². The quantitative estimate of drug-likeness (QED) is 0.737. The molecular weight excluding hydrogens is 244 g/mol. The third kappa shape index (κ3) is 4.00. The second kappa shape index (κ2) is 7.59. The van der Waals surface area contributed by atoms with Gasteiger partial charge in [-0.05, 0) is 31.0 Å². The van der Waals surface area contributed by atoms with E-state index in [9.17, 15) is 8.78 Å². The molecule has 1 aromatic carbocycles. The zero-order valence-corrected chi connectivity index (χ0v) is 12.2. The Morgan fingerprint density at radius 1 is 1.05 bits per heavy atom. The number of benzene rings is 1. The fraction of sp³-hybridized carbons (Fsp3) is 0.625. The summed E-state index contributed by atoms with van der Waals surface area (Å²) in [5, 5.41) is 3.34. The standard InChI is InChI=1S/C16H25F2N/c1-4-9-16(10-5-2,12-19-6-3)14-8-7-13(17)11-15(14)18/h7-8,11,19H,4-6,9-10,12H2,1-3H3. The van der Waals surface area contributed by atoms with Gasteiger partial charge in [0.2, 0.25) is 0 Å². The van der Waals surface area contributed by atoms with E-state index in [4.69, 9.17) is 0 Å². The molecule has 0 aliphatic rings. The summed E-state index contributed by atoms with van der Waals surface area (Å²) in [6, 6.07) is 3.99. The maximum absolute atomic E-state index is 14.2. The summed E-state index contributed by atoms with van der Waals surface area (Å²) >= 11 is 0. The maximum Gasteiger partial charge on any atom is 0.129 e. The van der Waals surface area contributed by atoms with Crippen LogP contribution in [0.2, 0.25) is 0 Å². The molecule has 0 saturated carbocycles. The second-order valence-electron chi connectivity index (χ2n) is 5.18. The first-order valence-corrected chi connectivity index (χ1v) is 7.26. The molecule has 108 valence electrons. The van der Waals surface area contributed by atoms with Crippen LogP contribution in [-0.2, 0) is 5.41 Å². The van der Waals surface area contributed by atoms with Crippen molar-refractivity contribution in [2.75, 3.05) is 13.1 Å². The van der Waals surface area contributed by atoms with E-state index in [0.717, 1.165) is 44.8 Å². The Balaban J connectivity index is 3.17. The van der Waals surface area contributed by atoms with Crippen LogP contribution >= 0.6 is 0 Å². The molecule has 0 aliphatic heterocycles. The maximum atomic E-state index is 14.2. The third-order valence-corrected chi connectivity index (χ3v) is 3.67. The first-order valence-electron chi connectivity index (χ1n) is 7.26. The van der Waals surface area contributed by atoms with Crippen molar-refractivity contribution < 1.29 is 8.78 Å². The Morgan fingerprint density at radius 2 is 1.68 bits per heavy atom. The van der Waals surface area contributed by atoms with Crippen LogP contribution in [0.1, 0.15) is 52.0 Å². The van der Waals surface area contributed by atoms with Gasteiger partial charge in [0, 0.05) is 18.0 Å². The Morgan fingerprint density at radius 3 is 2.16 bits per heavy atom. The summed E-state index contributed by atoms with van der Waals surface area (Å²) in [4.78, 5) is 0. The van der Waals surface area contributed by atoms with Gasteiger partial charge in [0.25, 0.3) is 0 Å². The summed E-state index contributed by atoms with van der Waals surface area (Å²) < 4.78 is 27.3. The SMILES string of the molecule is CCCC(CCC)(CNCC)c1ccc(F)cc1F. The van der Waals surface area contributed by atoms with Crippen LogP contribution in [0.25, 0.3) is 0 Å². The van der Waals surface area contributed by atoms with Crippen LogP contribution in [0.15, 0.2) is 18.2 Å². The minimum absolute atomic E-state index is 0.225. The molecule has 0 aromatic heterocycles. The molecular formula is C16H25F2N. The molecule has 0 atom stereocenters. The van der Waals surface area contributed by atoms with E-state index in [1.807, 2.05) is 6.92 Å². The van der Waals surface area contributed by atoms with E-state index < -0.39 is 11.6 Å². The smallest absolute Gasteiger partial charge is 0.129 e. The van der Waals surface area contributed by atoms with Crippen molar-refractivity contribution in [3.63, 3.8) is 0 Å². The number of nitrogens with one attached hydrogen (secondary N) is 1. The van der Waals surface area contributed by atoms with Crippen LogP contribution in [0.3, 0.4) is 0 Å². The predicted octanol–water partition coefficient (Wildman–Crippen LogP) is 4.41. The lowest BCUT2D eigenvalue weighted by Gasteiger charge is -2.35. The van der Waals surface area contributed by atoms with Crippen LogP contribution in [-0.4, -0.2) is 13.1 Å². The lowest BCUT2D eigenvalue weighted by molar-refractivity contribution is 0.325. The van der Waals surface area contributed by atoms with Gasteiger partial charge in [-0.1, -0.05) is 39.7 Å². The lowest BCUT2D eigenvalue weighted by atomic mass is 9.73. The van der Waals surface area contributed by atoms with Gasteiger partial charge in [-0.15, -0.1) is 0 Å². The Hall–Kier alpha value is -0.960. The number of hydrogen-bond acceptors (Lipinski definition) is 1. The molecule has 0 amide bonds. The fourth-order valence-electron chi connectivity index (χ4n) is 2.91. The minimum atomic E-state index is -0.508. The molecule has 0 saturated heterocycles. The Labute approximate surface area is 115 Å². The van der Waals surface area contributed by atoms with E-state index in [1.165, 1.54) is 6.07 Å². The highest BCUT2D eigenvalue weighted by Gasteiger charge is 2.32. The van der Waals surface area contributed by atoms with Crippen molar-refractivity contribution in [2.24, 2.45) is 0 Å². The molecule has 1 nitrogen and oxygen atoms in total. The zero-order valence-electron chi connectivity index (χ0n) is 12.2. The number of likely N-dealkylation sites (N-methyl/N-ethyl adjacent to an activating group) is 1. The van der Waals surface area contributed by atoms with Crippen LogP contribution in [0.5, 0.6) is 0 Å². The summed E-state index contributed by atoms with van der Waals surface area (Å²) in [5.74, 6) is -0.925. The van der Waals surface area contributed by atoms with Gasteiger partial charge in [0.15, 0.2) is 0 Å². The number of rotatable bonds is 8. The Bertz CT molecular complexity index is 384. The molecule has 0 spiro atoms. The number of hydrogen-bond donors (Lipinski definition) is 1. The Kier molecular flexibility index (Phi) is 6.43. The highest BCUT2D eigenvalue weighted by atomic mass is 19.1. The minimum Gasteiger partial charge on any atom is -0.316 e. The predicted molar refractivity (Wildman–Crippen MR) is 76.4 cm³/mol. The van der Waals surface area contributed by atoms with Crippen LogP contribution in [0.4, 0.5) is 8.78 Å². The normalized spacial score (nSPS) is 11.8. The van der Waals surface area contributed by atoms with E-state index >= 15 is 0 Å². The highest BCUT2D eigenvalue weighted by molar-refractivity contribution is 5.28. The summed E-state index contributed by atoms with van der Waals surface area (Å²) in [5.41, 5.74) is 0.427. The van der Waals surface area contributed by atoms with Crippen molar-refractivity contribution in [1.29, 1.82) is 0 Å². The molecule has 19 heavy (non-hydrogen) atoms. The van der Waals surface area contributed by atoms with E-state index in [2.05, 4.69) is 19.2 Å². The van der Waals surface area contributed by atoms with Crippen molar-refractivity contribution >= 4 is 0 Å². The summed E-state index contributed by atoms with van der Waals surface area (Å²) in [6.45, 7) is 7.87. The van der Waals surface area contributed by atoms with Crippen molar-refractivity contribution in [3.8, 4) is 0 Å². The molecule has 0 aliphatic carbocycles. The average molecular weight is 269 g/mol. The second-order valence-corrected chi connectivity index (χ2v) is 5.18. The van der Waals surface area contributed by atoms with Gasteiger partial charge < -0.3 is 5.32 Å². The molecule has 0 bridgehead atoms. The summed E-state index contributed by atoms with van der Waals surface area (Å²) in [7, 11) is 0.